The van der Waals surface area contributed by atoms with Gasteiger partial charge in [-0.3, -0.25) is 5.32 Å². The molecule has 0 aliphatic rings. The lowest BCUT2D eigenvalue weighted by Crippen LogP contribution is -2.29. The van der Waals surface area contributed by atoms with Crippen LogP contribution < -0.4 is 5.32 Å². The molecule has 1 aromatic carbocycles. The maximum atomic E-state index is 11.6. The molecule has 1 N–H and O–H groups in total. The highest BCUT2D eigenvalue weighted by molar-refractivity contribution is 9.10. The molecule has 0 heterocycles. The van der Waals surface area contributed by atoms with Gasteiger partial charge in [0, 0.05) is 4.47 Å². The van der Waals surface area contributed by atoms with Crippen LogP contribution in [0.15, 0.2) is 22.7 Å². The summed E-state index contributed by atoms with van der Waals surface area (Å²) < 4.78 is 5.43. The molecule has 17 heavy (non-hydrogen) atoms. The van der Waals surface area contributed by atoms with Crippen molar-refractivity contribution in [1.82, 2.24) is 5.32 Å². The lowest BCUT2D eigenvalue weighted by atomic mass is 10.1. The van der Waals surface area contributed by atoms with Crippen LogP contribution in [0, 0.1) is 12.3 Å². The Morgan fingerprint density at radius 1 is 1.71 bits per heavy atom. The number of hydrogen-bond donors (Lipinski definition) is 1. The van der Waals surface area contributed by atoms with Crippen molar-refractivity contribution in [3.8, 4) is 12.3 Å². The Balaban J connectivity index is 3.00. The predicted molar refractivity (Wildman–Crippen MR) is 70.7 cm³/mol. The number of methoxy groups -OCH3 is 1. The van der Waals surface area contributed by atoms with Gasteiger partial charge in [0.1, 0.15) is 6.04 Å². The minimum atomic E-state index is -0.593. The normalized spacial score (nSPS) is 11.6. The summed E-state index contributed by atoms with van der Waals surface area (Å²) in [7, 11) is 1.33. The van der Waals surface area contributed by atoms with E-state index in [1.54, 1.807) is 18.2 Å². The molecule has 3 nitrogen and oxygen atoms in total. The van der Waals surface area contributed by atoms with Gasteiger partial charge < -0.3 is 4.74 Å². The second kappa shape index (κ2) is 6.65. The molecular weight excluding hydrogens is 305 g/mol. The van der Waals surface area contributed by atoms with E-state index in [1.165, 1.54) is 7.11 Å². The molecule has 0 amide bonds. The monoisotopic (exact) mass is 315 g/mol. The molecule has 0 aliphatic heterocycles. The average Bonchev–Trinajstić information content (AvgIpc) is 2.33. The lowest BCUT2D eigenvalue weighted by Gasteiger charge is -2.15. The molecule has 0 fully saturated rings. The smallest absolute Gasteiger partial charge is 0.327 e. The Bertz CT molecular complexity index is 456. The van der Waals surface area contributed by atoms with Gasteiger partial charge in [0.05, 0.1) is 18.7 Å². The van der Waals surface area contributed by atoms with Gasteiger partial charge in [0.2, 0.25) is 0 Å². The van der Waals surface area contributed by atoms with Crippen molar-refractivity contribution in [3.05, 3.63) is 33.3 Å². The zero-order valence-corrected chi connectivity index (χ0v) is 11.5. The first-order valence-corrected chi connectivity index (χ1v) is 5.97. The molecule has 0 saturated carbocycles. The predicted octanol–water partition coefficient (Wildman–Crippen LogP) is 2.54. The first-order valence-electron chi connectivity index (χ1n) is 4.79. The Hall–Kier alpha value is -1.02. The summed E-state index contributed by atoms with van der Waals surface area (Å²) in [6, 6.07) is 4.62. The van der Waals surface area contributed by atoms with Crippen LogP contribution in [0.5, 0.6) is 0 Å². The van der Waals surface area contributed by atoms with Crippen LogP contribution in [0.25, 0.3) is 0 Å². The van der Waals surface area contributed by atoms with Crippen LogP contribution in [-0.2, 0) is 9.53 Å². The van der Waals surface area contributed by atoms with Crippen molar-refractivity contribution < 1.29 is 9.53 Å². The molecule has 1 atom stereocenters. The molecule has 0 aliphatic carbocycles. The fraction of sp³-hybridized carbons (Fsp3) is 0.250. The van der Waals surface area contributed by atoms with Gasteiger partial charge in [0.25, 0.3) is 0 Å². The van der Waals surface area contributed by atoms with Crippen molar-refractivity contribution in [2.24, 2.45) is 0 Å². The number of esters is 1. The van der Waals surface area contributed by atoms with E-state index >= 15 is 0 Å². The number of terminal acetylenes is 1. The van der Waals surface area contributed by atoms with Crippen molar-refractivity contribution in [2.45, 2.75) is 6.04 Å². The van der Waals surface area contributed by atoms with Crippen molar-refractivity contribution in [3.63, 3.8) is 0 Å². The summed E-state index contributed by atoms with van der Waals surface area (Å²) in [5.41, 5.74) is 0.739. The minimum absolute atomic E-state index is 0.278. The summed E-state index contributed by atoms with van der Waals surface area (Å²) in [6.07, 6.45) is 5.16. The van der Waals surface area contributed by atoms with Crippen LogP contribution in [0.4, 0.5) is 0 Å². The van der Waals surface area contributed by atoms with Gasteiger partial charge in [-0.15, -0.1) is 6.42 Å². The number of rotatable bonds is 4. The second-order valence-electron chi connectivity index (χ2n) is 3.21. The zero-order chi connectivity index (χ0) is 12.8. The van der Waals surface area contributed by atoms with Gasteiger partial charge in [0.15, 0.2) is 0 Å². The SMILES string of the molecule is C#CCNC(C(=O)OC)c1ccc(Cl)c(Br)c1. The third-order valence-corrected chi connectivity index (χ3v) is 3.34. The molecule has 0 spiro atoms. The van der Waals surface area contributed by atoms with Crippen LogP contribution >= 0.6 is 27.5 Å². The average molecular weight is 317 g/mol. The number of carbonyl (C=O) groups excluding carboxylic acids is 1. The molecule has 1 rings (SSSR count). The molecule has 0 bridgehead atoms. The maximum Gasteiger partial charge on any atom is 0.327 e. The van der Waals surface area contributed by atoms with Crippen molar-refractivity contribution >= 4 is 33.5 Å². The summed E-state index contributed by atoms with van der Waals surface area (Å²) in [6.45, 7) is 0.278. The van der Waals surface area contributed by atoms with E-state index in [-0.39, 0.29) is 6.54 Å². The first kappa shape index (κ1) is 14.0. The van der Waals surface area contributed by atoms with Crippen molar-refractivity contribution in [1.29, 1.82) is 0 Å². The van der Waals surface area contributed by atoms with E-state index in [2.05, 4.69) is 27.2 Å². The molecule has 5 heteroatoms. The highest BCUT2D eigenvalue weighted by Gasteiger charge is 2.20. The van der Waals surface area contributed by atoms with E-state index in [0.717, 1.165) is 5.56 Å². The molecular formula is C12H11BrClNO2. The van der Waals surface area contributed by atoms with Crippen LogP contribution in [0.3, 0.4) is 0 Å². The van der Waals surface area contributed by atoms with Gasteiger partial charge in [-0.1, -0.05) is 23.6 Å². The largest absolute Gasteiger partial charge is 0.468 e. The number of ether oxygens (including phenoxy) is 1. The summed E-state index contributed by atoms with van der Waals surface area (Å²) in [5.74, 6) is 2.02. The van der Waals surface area contributed by atoms with E-state index < -0.39 is 12.0 Å². The number of carbonyl (C=O) groups is 1. The number of nitrogens with one attached hydrogen (secondary N) is 1. The highest BCUT2D eigenvalue weighted by atomic mass is 79.9. The minimum Gasteiger partial charge on any atom is -0.468 e. The number of halogens is 2. The van der Waals surface area contributed by atoms with Crippen LogP contribution in [-0.4, -0.2) is 19.6 Å². The summed E-state index contributed by atoms with van der Waals surface area (Å²) in [4.78, 5) is 11.6. The van der Waals surface area contributed by atoms with E-state index in [0.29, 0.717) is 9.50 Å². The Kier molecular flexibility index (Phi) is 5.49. The molecule has 0 radical (unpaired) electrons. The van der Waals surface area contributed by atoms with E-state index in [1.807, 2.05) is 0 Å². The molecule has 1 aromatic rings. The molecule has 90 valence electrons. The standard InChI is InChI=1S/C12H11BrClNO2/c1-3-6-15-11(12(16)17-2)8-4-5-10(14)9(13)7-8/h1,4-5,7,11,15H,6H2,2H3. The van der Waals surface area contributed by atoms with Gasteiger partial charge in [-0.25, -0.2) is 4.79 Å². The molecule has 0 aromatic heterocycles. The van der Waals surface area contributed by atoms with Gasteiger partial charge in [-0.2, -0.15) is 0 Å². The lowest BCUT2D eigenvalue weighted by molar-refractivity contribution is -0.143. The van der Waals surface area contributed by atoms with Gasteiger partial charge in [-0.05, 0) is 33.6 Å². The Morgan fingerprint density at radius 3 is 2.94 bits per heavy atom. The Morgan fingerprint density at radius 2 is 2.41 bits per heavy atom. The maximum absolute atomic E-state index is 11.6. The fourth-order valence-corrected chi connectivity index (χ4v) is 1.82. The topological polar surface area (TPSA) is 38.3 Å². The summed E-state index contributed by atoms with van der Waals surface area (Å²) >= 11 is 9.19. The quantitative estimate of drug-likeness (QED) is 0.685. The molecule has 1 unspecified atom stereocenters. The second-order valence-corrected chi connectivity index (χ2v) is 4.48. The van der Waals surface area contributed by atoms with Gasteiger partial charge >= 0.3 is 5.97 Å². The third-order valence-electron chi connectivity index (χ3n) is 2.12. The third kappa shape index (κ3) is 3.74. The number of hydrogen-bond acceptors (Lipinski definition) is 3. The highest BCUT2D eigenvalue weighted by Crippen LogP contribution is 2.26. The zero-order valence-electron chi connectivity index (χ0n) is 9.17. The first-order chi connectivity index (χ1) is 8.10. The Labute approximate surface area is 114 Å². The fourth-order valence-electron chi connectivity index (χ4n) is 1.31. The van der Waals surface area contributed by atoms with E-state index in [9.17, 15) is 4.79 Å². The molecule has 0 saturated heterocycles. The van der Waals surface area contributed by atoms with Crippen molar-refractivity contribution in [2.75, 3.05) is 13.7 Å². The van der Waals surface area contributed by atoms with Crippen LogP contribution in [0.2, 0.25) is 5.02 Å². The summed E-state index contributed by atoms with van der Waals surface area (Å²) in [5, 5.41) is 3.49. The van der Waals surface area contributed by atoms with Crippen LogP contribution in [0.1, 0.15) is 11.6 Å². The number of benzene rings is 1. The van der Waals surface area contributed by atoms with E-state index in [4.69, 9.17) is 22.8 Å².